The van der Waals surface area contributed by atoms with Crippen molar-refractivity contribution in [1.82, 2.24) is 5.43 Å². The van der Waals surface area contributed by atoms with Gasteiger partial charge in [0.2, 0.25) is 0 Å². The smallest absolute Gasteiger partial charge is 0.307 e. The minimum atomic E-state index is -0.382. The third-order valence-corrected chi connectivity index (χ3v) is 3.59. The Hall–Kier alpha value is -3.34. The summed E-state index contributed by atoms with van der Waals surface area (Å²) in [6, 6.07) is 20.8. The van der Waals surface area contributed by atoms with Crippen molar-refractivity contribution in [2.24, 2.45) is 5.10 Å². The van der Waals surface area contributed by atoms with Gasteiger partial charge in [-0.25, -0.2) is 5.43 Å². The average Bonchev–Trinajstić information content (AvgIpc) is 3.20. The number of furan rings is 1. The number of benzene rings is 2. The summed E-state index contributed by atoms with van der Waals surface area (Å²) in [6.07, 6.45) is 1.44. The van der Waals surface area contributed by atoms with E-state index in [1.807, 2.05) is 61.5 Å². The van der Waals surface area contributed by atoms with Crippen LogP contribution < -0.4 is 10.2 Å². The van der Waals surface area contributed by atoms with Gasteiger partial charge in [-0.15, -0.1) is 0 Å². The van der Waals surface area contributed by atoms with Gasteiger partial charge in [-0.3, -0.25) is 4.79 Å². The first kappa shape index (κ1) is 16.5. The molecule has 0 bridgehead atoms. The molecule has 0 aliphatic heterocycles. The van der Waals surface area contributed by atoms with Gasteiger partial charge in [0, 0.05) is 0 Å². The standard InChI is InChI=1S/C20H18N2O3/c1-15(21-22-20(23)19-8-5-13-24-19)17-9-11-18(12-10-17)25-14-16-6-3-2-4-7-16/h2-13H,14H2,1H3,(H,22,23)/b21-15+. The Kier molecular flexibility index (Phi) is 5.26. The maximum atomic E-state index is 11.8. The van der Waals surface area contributed by atoms with Crippen LogP contribution in [0, 0.1) is 0 Å². The normalized spacial score (nSPS) is 11.2. The molecular formula is C20H18N2O3. The Morgan fingerprint density at radius 1 is 1.04 bits per heavy atom. The molecule has 25 heavy (non-hydrogen) atoms. The quantitative estimate of drug-likeness (QED) is 0.547. The molecule has 1 aromatic heterocycles. The van der Waals surface area contributed by atoms with Crippen LogP contribution in [0.15, 0.2) is 82.5 Å². The zero-order valence-corrected chi connectivity index (χ0v) is 13.8. The minimum absolute atomic E-state index is 0.223. The number of ether oxygens (including phenoxy) is 1. The predicted octanol–water partition coefficient (Wildman–Crippen LogP) is 4.01. The number of nitrogens with one attached hydrogen (secondary N) is 1. The molecule has 5 heteroatoms. The van der Waals surface area contributed by atoms with Gasteiger partial charge in [-0.2, -0.15) is 5.10 Å². The van der Waals surface area contributed by atoms with E-state index < -0.39 is 0 Å². The zero-order chi connectivity index (χ0) is 17.5. The summed E-state index contributed by atoms with van der Waals surface area (Å²) in [5, 5.41) is 4.09. The number of carbonyl (C=O) groups is 1. The molecule has 5 nitrogen and oxygen atoms in total. The second kappa shape index (κ2) is 7.97. The van der Waals surface area contributed by atoms with Gasteiger partial charge in [0.1, 0.15) is 12.4 Å². The Labute approximate surface area is 145 Å². The van der Waals surface area contributed by atoms with Crippen molar-refractivity contribution < 1.29 is 13.9 Å². The van der Waals surface area contributed by atoms with E-state index in [1.165, 1.54) is 6.26 Å². The highest BCUT2D eigenvalue weighted by atomic mass is 16.5. The van der Waals surface area contributed by atoms with Crippen LogP contribution in [-0.2, 0) is 6.61 Å². The molecule has 2 aromatic carbocycles. The van der Waals surface area contributed by atoms with Crippen molar-refractivity contribution in [2.45, 2.75) is 13.5 Å². The molecule has 0 spiro atoms. The van der Waals surface area contributed by atoms with Gasteiger partial charge >= 0.3 is 5.91 Å². The number of carbonyl (C=O) groups excluding carboxylic acids is 1. The highest BCUT2D eigenvalue weighted by molar-refractivity contribution is 6.00. The second-order valence-corrected chi connectivity index (χ2v) is 5.41. The van der Waals surface area contributed by atoms with E-state index >= 15 is 0 Å². The molecule has 0 saturated heterocycles. The molecular weight excluding hydrogens is 316 g/mol. The van der Waals surface area contributed by atoms with Crippen LogP contribution in [0.25, 0.3) is 0 Å². The van der Waals surface area contributed by atoms with Crippen LogP contribution >= 0.6 is 0 Å². The van der Waals surface area contributed by atoms with Crippen LogP contribution in [0.3, 0.4) is 0 Å². The maximum Gasteiger partial charge on any atom is 0.307 e. The molecule has 126 valence electrons. The van der Waals surface area contributed by atoms with Crippen molar-refractivity contribution in [2.75, 3.05) is 0 Å². The third-order valence-electron chi connectivity index (χ3n) is 3.59. The lowest BCUT2D eigenvalue weighted by atomic mass is 10.1. The predicted molar refractivity (Wildman–Crippen MR) is 95.6 cm³/mol. The van der Waals surface area contributed by atoms with E-state index in [-0.39, 0.29) is 11.7 Å². The van der Waals surface area contributed by atoms with E-state index in [9.17, 15) is 4.79 Å². The van der Waals surface area contributed by atoms with Gasteiger partial charge in [0.25, 0.3) is 0 Å². The monoisotopic (exact) mass is 334 g/mol. The SMILES string of the molecule is C/C(=N\NC(=O)c1ccco1)c1ccc(OCc2ccccc2)cc1. The van der Waals surface area contributed by atoms with Gasteiger partial charge < -0.3 is 9.15 Å². The van der Waals surface area contributed by atoms with E-state index in [4.69, 9.17) is 9.15 Å². The first-order valence-corrected chi connectivity index (χ1v) is 7.87. The van der Waals surface area contributed by atoms with Crippen molar-refractivity contribution >= 4 is 11.6 Å². The minimum Gasteiger partial charge on any atom is -0.489 e. The maximum absolute atomic E-state index is 11.8. The summed E-state index contributed by atoms with van der Waals surface area (Å²) in [6.45, 7) is 2.34. The molecule has 1 N–H and O–H groups in total. The third kappa shape index (κ3) is 4.57. The molecule has 3 aromatic rings. The highest BCUT2D eigenvalue weighted by Crippen LogP contribution is 2.15. The Bertz CT molecular complexity index is 838. The Morgan fingerprint density at radius 2 is 1.80 bits per heavy atom. The van der Waals surface area contributed by atoms with Crippen LogP contribution in [0.1, 0.15) is 28.6 Å². The van der Waals surface area contributed by atoms with Gasteiger partial charge in [-0.1, -0.05) is 30.3 Å². The summed E-state index contributed by atoms with van der Waals surface area (Å²) >= 11 is 0. The number of amides is 1. The lowest BCUT2D eigenvalue weighted by molar-refractivity contribution is 0.0927. The van der Waals surface area contributed by atoms with E-state index in [1.54, 1.807) is 12.1 Å². The lowest BCUT2D eigenvalue weighted by Crippen LogP contribution is -2.18. The van der Waals surface area contributed by atoms with Crippen LogP contribution in [0.5, 0.6) is 5.75 Å². The fourth-order valence-corrected chi connectivity index (χ4v) is 2.20. The van der Waals surface area contributed by atoms with Crippen LogP contribution in [-0.4, -0.2) is 11.6 Å². The summed E-state index contributed by atoms with van der Waals surface area (Å²) in [7, 11) is 0. The van der Waals surface area contributed by atoms with Crippen molar-refractivity contribution in [3.05, 3.63) is 89.9 Å². The van der Waals surface area contributed by atoms with Gasteiger partial charge in [0.05, 0.1) is 12.0 Å². The molecule has 3 rings (SSSR count). The lowest BCUT2D eigenvalue weighted by Gasteiger charge is -2.07. The number of rotatable bonds is 6. The number of hydrazone groups is 1. The Balaban J connectivity index is 1.57. The van der Waals surface area contributed by atoms with Gasteiger partial charge in [-0.05, 0) is 54.4 Å². The first-order valence-electron chi connectivity index (χ1n) is 7.87. The van der Waals surface area contributed by atoms with Crippen molar-refractivity contribution in [1.29, 1.82) is 0 Å². The van der Waals surface area contributed by atoms with E-state index in [0.717, 1.165) is 16.9 Å². The molecule has 0 fully saturated rings. The van der Waals surface area contributed by atoms with Gasteiger partial charge in [0.15, 0.2) is 5.76 Å². The second-order valence-electron chi connectivity index (χ2n) is 5.41. The molecule has 0 aliphatic carbocycles. The zero-order valence-electron chi connectivity index (χ0n) is 13.8. The van der Waals surface area contributed by atoms with Crippen LogP contribution in [0.2, 0.25) is 0 Å². The molecule has 0 unspecified atom stereocenters. The van der Waals surface area contributed by atoms with Crippen LogP contribution in [0.4, 0.5) is 0 Å². The molecule has 0 saturated carbocycles. The number of nitrogens with zero attached hydrogens (tertiary/aromatic N) is 1. The average molecular weight is 334 g/mol. The van der Waals surface area contributed by atoms with E-state index in [2.05, 4.69) is 10.5 Å². The molecule has 0 aliphatic rings. The molecule has 0 radical (unpaired) electrons. The fourth-order valence-electron chi connectivity index (χ4n) is 2.20. The summed E-state index contributed by atoms with van der Waals surface area (Å²) < 4.78 is 10.8. The molecule has 0 atom stereocenters. The number of hydrogen-bond donors (Lipinski definition) is 1. The Morgan fingerprint density at radius 3 is 2.48 bits per heavy atom. The summed E-state index contributed by atoms with van der Waals surface area (Å²) in [5.74, 6) is 0.619. The largest absolute Gasteiger partial charge is 0.489 e. The molecule has 1 heterocycles. The topological polar surface area (TPSA) is 63.8 Å². The first-order chi connectivity index (χ1) is 12.2. The van der Waals surface area contributed by atoms with Crippen molar-refractivity contribution in [3.8, 4) is 5.75 Å². The summed E-state index contributed by atoms with van der Waals surface area (Å²) in [5.41, 5.74) is 5.17. The van der Waals surface area contributed by atoms with Crippen molar-refractivity contribution in [3.63, 3.8) is 0 Å². The van der Waals surface area contributed by atoms with E-state index in [0.29, 0.717) is 12.3 Å². The number of hydrogen-bond acceptors (Lipinski definition) is 4. The fraction of sp³-hybridized carbons (Fsp3) is 0.100. The molecule has 1 amide bonds. The summed E-state index contributed by atoms with van der Waals surface area (Å²) in [4.78, 5) is 11.8. The highest BCUT2D eigenvalue weighted by Gasteiger charge is 2.07.